The summed E-state index contributed by atoms with van der Waals surface area (Å²) in [6.45, 7) is 13.7. The summed E-state index contributed by atoms with van der Waals surface area (Å²) < 4.78 is 0. The molecule has 0 spiro atoms. The minimum absolute atomic E-state index is 0. The third-order valence-corrected chi connectivity index (χ3v) is 6.58. The molecule has 0 aliphatic rings. The van der Waals surface area contributed by atoms with Crippen molar-refractivity contribution in [3.05, 3.63) is 57.1 Å². The van der Waals surface area contributed by atoms with Crippen LogP contribution in [0.15, 0.2) is 18.2 Å². The summed E-state index contributed by atoms with van der Waals surface area (Å²) in [6.07, 6.45) is 2.50. The van der Waals surface area contributed by atoms with E-state index in [1.54, 1.807) is 27.4 Å². The molecule has 0 saturated heterocycles. The summed E-state index contributed by atoms with van der Waals surface area (Å²) in [7, 11) is -0.215. The Bertz CT molecular complexity index is 631. The Morgan fingerprint density at radius 1 is 0.840 bits per heavy atom. The van der Waals surface area contributed by atoms with Gasteiger partial charge in [-0.05, 0) is 13.8 Å². The molecule has 0 fully saturated rings. The Kier molecular flexibility index (Phi) is 16.3. The molecule has 0 aliphatic heterocycles. The van der Waals surface area contributed by atoms with Gasteiger partial charge in [-0.2, -0.15) is 27.8 Å². The van der Waals surface area contributed by atoms with Gasteiger partial charge in [0.15, 0.2) is 0 Å². The molecule has 0 amide bonds. The zero-order valence-corrected chi connectivity index (χ0v) is 21.4. The molecule has 0 unspecified atom stereocenters. The van der Waals surface area contributed by atoms with Crippen molar-refractivity contribution < 1.29 is 58.9 Å². The Morgan fingerprint density at radius 2 is 1.36 bits per heavy atom. The van der Waals surface area contributed by atoms with Gasteiger partial charge in [-0.3, -0.25) is 0 Å². The molecular weight excluding hydrogens is 423 g/mol. The van der Waals surface area contributed by atoms with Gasteiger partial charge in [-0.25, -0.2) is 0 Å². The fourth-order valence-corrected chi connectivity index (χ4v) is 5.74. The molecule has 0 bridgehead atoms. The van der Waals surface area contributed by atoms with E-state index in [4.69, 9.17) is 0 Å². The van der Waals surface area contributed by atoms with Crippen LogP contribution in [0.1, 0.15) is 52.3 Å². The van der Waals surface area contributed by atoms with Gasteiger partial charge >= 0.3 is 21.7 Å². The second-order valence-corrected chi connectivity index (χ2v) is 8.39. The van der Waals surface area contributed by atoms with Gasteiger partial charge in [-0.15, -0.1) is 0 Å². The molecule has 2 aromatic rings. The molecule has 0 aliphatic carbocycles. The van der Waals surface area contributed by atoms with Crippen molar-refractivity contribution in [1.82, 2.24) is 0 Å². The van der Waals surface area contributed by atoms with Crippen LogP contribution in [0.2, 0.25) is 0 Å². The van der Waals surface area contributed by atoms with E-state index in [1.165, 1.54) is 35.6 Å². The quantitative estimate of drug-likeness (QED) is 0.315. The van der Waals surface area contributed by atoms with Crippen LogP contribution in [0.3, 0.4) is 0 Å². The first kappa shape index (κ1) is 30.1. The summed E-state index contributed by atoms with van der Waals surface area (Å²) >= 11 is 0. The van der Waals surface area contributed by atoms with Crippen molar-refractivity contribution in [2.24, 2.45) is 0 Å². The van der Waals surface area contributed by atoms with Gasteiger partial charge in [0.05, 0.1) is 0 Å². The maximum Gasteiger partial charge on any atom is 4.00 e. The number of hydrogen-bond donors (Lipinski definition) is 0. The van der Waals surface area contributed by atoms with Gasteiger partial charge in [-0.1, -0.05) is 81.1 Å². The standard InChI is InChI=1S/C20H29Si.3ClH.Ti/c1-7-8-19-16(5)15(4)17(6)20(19)12-21-18-10-13(2)9-14(3)11-18;;;;/h9-11H,7-8,12,21H2,1-6H3;3*1H;/q-1;;;;+4/p-3. The molecule has 2 aromatic carbocycles. The monoisotopic (exact) mass is 450 g/mol. The summed E-state index contributed by atoms with van der Waals surface area (Å²) in [6, 6.07) is 8.40. The predicted molar refractivity (Wildman–Crippen MR) is 98.0 cm³/mol. The summed E-state index contributed by atoms with van der Waals surface area (Å²) in [5, 5.41) is 1.62. The van der Waals surface area contributed by atoms with Crippen molar-refractivity contribution in [3.8, 4) is 0 Å². The second kappa shape index (κ2) is 13.5. The Morgan fingerprint density at radius 3 is 1.84 bits per heavy atom. The molecule has 0 saturated carbocycles. The fraction of sp³-hybridized carbons (Fsp3) is 0.450. The smallest absolute Gasteiger partial charge is 1.00 e. The van der Waals surface area contributed by atoms with E-state index in [0.29, 0.717) is 0 Å². The van der Waals surface area contributed by atoms with E-state index in [0.717, 1.165) is 0 Å². The third-order valence-electron chi connectivity index (χ3n) is 4.84. The van der Waals surface area contributed by atoms with Crippen LogP contribution in [0.4, 0.5) is 0 Å². The van der Waals surface area contributed by atoms with E-state index in [1.807, 2.05) is 0 Å². The zero-order chi connectivity index (χ0) is 15.6. The minimum atomic E-state index is -0.215. The molecule has 25 heavy (non-hydrogen) atoms. The van der Waals surface area contributed by atoms with Crippen molar-refractivity contribution in [2.75, 3.05) is 0 Å². The van der Waals surface area contributed by atoms with Crippen LogP contribution in [-0.2, 0) is 34.2 Å². The van der Waals surface area contributed by atoms with Gasteiger partial charge in [0, 0.05) is 9.52 Å². The molecule has 0 heterocycles. The number of hydrogen-bond acceptors (Lipinski definition) is 0. The molecule has 0 N–H and O–H groups in total. The Labute approximate surface area is 190 Å². The normalized spacial score (nSPS) is 9.84. The summed E-state index contributed by atoms with van der Waals surface area (Å²) in [5.74, 6) is 0. The molecule has 0 aromatic heterocycles. The molecule has 0 atom stereocenters. The molecule has 0 radical (unpaired) electrons. The maximum atomic E-state index is 2.40. The Hall–Kier alpha value is 0.371. The van der Waals surface area contributed by atoms with E-state index >= 15 is 0 Å². The maximum absolute atomic E-state index is 2.40. The van der Waals surface area contributed by atoms with Crippen molar-refractivity contribution in [2.45, 2.75) is 60.4 Å². The Balaban J connectivity index is -0.00000121. The topological polar surface area (TPSA) is 0 Å². The van der Waals surface area contributed by atoms with E-state index in [-0.39, 0.29) is 68.5 Å². The molecule has 0 nitrogen and oxygen atoms in total. The SMILES string of the molecule is CCCc1c(C)c(C)c(C)[c-]1C[SiH2]c1cc(C)cc(C)c1.[Cl-].[Cl-].[Cl-].[Ti+4]. The first-order valence-electron chi connectivity index (χ1n) is 8.25. The van der Waals surface area contributed by atoms with Crippen molar-refractivity contribution >= 4 is 14.7 Å². The van der Waals surface area contributed by atoms with Crippen LogP contribution in [0.25, 0.3) is 0 Å². The average Bonchev–Trinajstić information content (AvgIpc) is 2.61. The average molecular weight is 452 g/mol. The van der Waals surface area contributed by atoms with Crippen LogP contribution < -0.4 is 42.4 Å². The minimum Gasteiger partial charge on any atom is -1.00 e. The third kappa shape index (κ3) is 7.48. The fourth-order valence-electron chi connectivity index (χ4n) is 3.60. The molecule has 138 valence electrons. The first-order valence-corrected chi connectivity index (χ1v) is 9.96. The largest absolute Gasteiger partial charge is 4.00 e. The van der Waals surface area contributed by atoms with Crippen LogP contribution in [-0.4, -0.2) is 9.52 Å². The van der Waals surface area contributed by atoms with E-state index in [2.05, 4.69) is 59.7 Å². The van der Waals surface area contributed by atoms with Crippen LogP contribution in [0, 0.1) is 34.6 Å². The number of rotatable bonds is 5. The van der Waals surface area contributed by atoms with Gasteiger partial charge < -0.3 is 37.2 Å². The summed E-state index contributed by atoms with van der Waals surface area (Å²) in [5.41, 5.74) is 10.8. The van der Waals surface area contributed by atoms with Gasteiger partial charge in [0.25, 0.3) is 0 Å². The first-order chi connectivity index (χ1) is 9.93. The van der Waals surface area contributed by atoms with Crippen LogP contribution in [0.5, 0.6) is 0 Å². The van der Waals surface area contributed by atoms with Gasteiger partial charge in [0.2, 0.25) is 0 Å². The van der Waals surface area contributed by atoms with E-state index in [9.17, 15) is 0 Å². The second-order valence-electron chi connectivity index (χ2n) is 6.58. The van der Waals surface area contributed by atoms with Crippen LogP contribution >= 0.6 is 0 Å². The van der Waals surface area contributed by atoms with Crippen molar-refractivity contribution in [3.63, 3.8) is 0 Å². The molecular formula is C20H29Cl3SiTi. The van der Waals surface area contributed by atoms with Crippen molar-refractivity contribution in [1.29, 1.82) is 0 Å². The summed E-state index contributed by atoms with van der Waals surface area (Å²) in [4.78, 5) is 0. The predicted octanol–water partition coefficient (Wildman–Crippen LogP) is -5.10. The molecule has 5 heteroatoms. The number of benzene rings is 1. The van der Waals surface area contributed by atoms with E-state index < -0.39 is 0 Å². The molecule has 2 rings (SSSR count). The zero-order valence-electron chi connectivity index (χ0n) is 16.2. The number of aryl methyl sites for hydroxylation is 2. The number of halogens is 3. The van der Waals surface area contributed by atoms with Gasteiger partial charge in [0.1, 0.15) is 0 Å².